The Kier molecular flexibility index (Phi) is 5.57. The Bertz CT molecular complexity index is 415. The zero-order valence-electron chi connectivity index (χ0n) is 8.70. The predicted molar refractivity (Wildman–Crippen MR) is 70.1 cm³/mol. The number of hydrogen-bond donors (Lipinski definition) is 2. The third-order valence-corrected chi connectivity index (χ3v) is 5.05. The maximum atomic E-state index is 11.6. The molecule has 1 unspecified atom stereocenters. The van der Waals surface area contributed by atoms with Crippen LogP contribution in [-0.2, 0) is 9.53 Å². The average Bonchev–Trinajstić information content (AvgIpc) is 2.65. The number of hydrogen-bond acceptors (Lipinski definition) is 5. The summed E-state index contributed by atoms with van der Waals surface area (Å²) in [5, 5.41) is 11.7. The largest absolute Gasteiger partial charge is 0.467 e. The quantitative estimate of drug-likeness (QED) is 0.769. The monoisotopic (exact) mass is 385 g/mol. The Hall–Kier alpha value is -0.440. The first-order chi connectivity index (χ1) is 7.95. The van der Waals surface area contributed by atoms with Crippen molar-refractivity contribution in [1.29, 1.82) is 0 Å². The highest BCUT2D eigenvalue weighted by molar-refractivity contribution is 9.13. The van der Waals surface area contributed by atoms with Crippen molar-refractivity contribution in [2.75, 3.05) is 13.7 Å². The summed E-state index contributed by atoms with van der Waals surface area (Å²) in [4.78, 5) is 23.0. The fourth-order valence-electron chi connectivity index (χ4n) is 0.954. The molecule has 0 spiro atoms. The summed E-state index contributed by atoms with van der Waals surface area (Å²) < 4.78 is 5.90. The molecule has 0 bridgehead atoms. The molecule has 2 N–H and O–H groups in total. The van der Waals surface area contributed by atoms with Gasteiger partial charge in [-0.3, -0.25) is 4.79 Å². The lowest BCUT2D eigenvalue weighted by Crippen LogP contribution is -2.36. The van der Waals surface area contributed by atoms with Crippen LogP contribution in [0.3, 0.4) is 0 Å². The lowest BCUT2D eigenvalue weighted by molar-refractivity contribution is -0.149. The molecule has 0 aromatic carbocycles. The van der Waals surface area contributed by atoms with Gasteiger partial charge in [0.15, 0.2) is 6.10 Å². The summed E-state index contributed by atoms with van der Waals surface area (Å²) in [7, 11) is 1.17. The molecule has 0 saturated heterocycles. The third kappa shape index (κ3) is 4.06. The van der Waals surface area contributed by atoms with E-state index in [1.807, 2.05) is 0 Å². The molecule has 17 heavy (non-hydrogen) atoms. The van der Waals surface area contributed by atoms with E-state index in [2.05, 4.69) is 41.9 Å². The molecular weight excluding hydrogens is 378 g/mol. The lowest BCUT2D eigenvalue weighted by Gasteiger charge is -2.08. The molecule has 1 aromatic heterocycles. The van der Waals surface area contributed by atoms with Crippen molar-refractivity contribution in [3.8, 4) is 0 Å². The number of thiophene rings is 1. The van der Waals surface area contributed by atoms with Gasteiger partial charge >= 0.3 is 5.97 Å². The van der Waals surface area contributed by atoms with Gasteiger partial charge in [-0.2, -0.15) is 0 Å². The van der Waals surface area contributed by atoms with E-state index in [0.29, 0.717) is 4.88 Å². The molecule has 1 atom stereocenters. The second-order valence-electron chi connectivity index (χ2n) is 2.98. The van der Waals surface area contributed by atoms with Crippen molar-refractivity contribution in [2.24, 2.45) is 0 Å². The predicted octanol–water partition coefficient (Wildman–Crippen LogP) is 1.54. The molecule has 0 radical (unpaired) electrons. The second-order valence-corrected chi connectivity index (χ2v) is 6.21. The fraction of sp³-hybridized carbons (Fsp3) is 0.333. The minimum Gasteiger partial charge on any atom is -0.467 e. The molecule has 0 aliphatic rings. The molecule has 94 valence electrons. The molecule has 8 heteroatoms. The Morgan fingerprint density at radius 2 is 2.24 bits per heavy atom. The Morgan fingerprint density at radius 1 is 1.59 bits per heavy atom. The number of methoxy groups -OCH3 is 1. The Labute approximate surface area is 118 Å². The van der Waals surface area contributed by atoms with Crippen LogP contribution in [0.25, 0.3) is 0 Å². The zero-order valence-corrected chi connectivity index (χ0v) is 12.7. The minimum absolute atomic E-state index is 0.182. The average molecular weight is 387 g/mol. The van der Waals surface area contributed by atoms with Gasteiger partial charge in [-0.15, -0.1) is 11.3 Å². The van der Waals surface area contributed by atoms with Crippen molar-refractivity contribution in [2.45, 2.75) is 6.10 Å². The number of ether oxygens (including phenoxy) is 1. The molecule has 0 aliphatic carbocycles. The molecule has 1 aromatic rings. The SMILES string of the molecule is COC(=O)C(O)CNC(=O)c1cc(Br)c(Br)s1. The van der Waals surface area contributed by atoms with E-state index in [0.717, 1.165) is 8.26 Å². The normalized spacial score (nSPS) is 12.0. The first kappa shape index (κ1) is 14.6. The third-order valence-electron chi connectivity index (χ3n) is 1.80. The molecule has 1 amide bonds. The van der Waals surface area contributed by atoms with Gasteiger partial charge in [0.2, 0.25) is 0 Å². The summed E-state index contributed by atoms with van der Waals surface area (Å²) >= 11 is 7.77. The summed E-state index contributed by atoms with van der Waals surface area (Å²) in [6.45, 7) is -0.182. The Balaban J connectivity index is 2.53. The van der Waals surface area contributed by atoms with E-state index < -0.39 is 12.1 Å². The van der Waals surface area contributed by atoms with Gasteiger partial charge in [-0.05, 0) is 37.9 Å². The number of aliphatic hydroxyl groups is 1. The van der Waals surface area contributed by atoms with Crippen LogP contribution in [0.15, 0.2) is 14.3 Å². The summed E-state index contributed by atoms with van der Waals surface area (Å²) in [5.41, 5.74) is 0. The van der Waals surface area contributed by atoms with Crippen molar-refractivity contribution < 1.29 is 19.4 Å². The number of carbonyl (C=O) groups is 2. The van der Waals surface area contributed by atoms with E-state index in [9.17, 15) is 14.7 Å². The number of aliphatic hydroxyl groups excluding tert-OH is 1. The van der Waals surface area contributed by atoms with Crippen molar-refractivity contribution >= 4 is 55.1 Å². The maximum Gasteiger partial charge on any atom is 0.336 e. The van der Waals surface area contributed by atoms with Crippen LogP contribution in [0.2, 0.25) is 0 Å². The highest BCUT2D eigenvalue weighted by atomic mass is 79.9. The van der Waals surface area contributed by atoms with E-state index in [1.165, 1.54) is 18.4 Å². The lowest BCUT2D eigenvalue weighted by atomic mass is 10.3. The number of esters is 1. The highest BCUT2D eigenvalue weighted by Crippen LogP contribution is 2.32. The smallest absolute Gasteiger partial charge is 0.336 e. The van der Waals surface area contributed by atoms with Gasteiger partial charge in [0.1, 0.15) is 0 Å². The first-order valence-electron chi connectivity index (χ1n) is 4.44. The highest BCUT2D eigenvalue weighted by Gasteiger charge is 2.18. The number of amides is 1. The van der Waals surface area contributed by atoms with Crippen molar-refractivity contribution in [3.63, 3.8) is 0 Å². The van der Waals surface area contributed by atoms with Crippen molar-refractivity contribution in [1.82, 2.24) is 5.32 Å². The van der Waals surface area contributed by atoms with Gasteiger partial charge in [0.25, 0.3) is 5.91 Å². The van der Waals surface area contributed by atoms with Gasteiger partial charge < -0.3 is 15.2 Å². The molecule has 0 saturated carbocycles. The van der Waals surface area contributed by atoms with Gasteiger partial charge in [0, 0.05) is 4.47 Å². The molecule has 1 rings (SSSR count). The van der Waals surface area contributed by atoms with Gasteiger partial charge in [0.05, 0.1) is 22.3 Å². The summed E-state index contributed by atoms with van der Waals surface area (Å²) in [6.07, 6.45) is -1.35. The standard InChI is InChI=1S/C9H9Br2NO4S/c1-16-9(15)5(13)3-12-8(14)6-2-4(10)7(11)17-6/h2,5,13H,3H2,1H3,(H,12,14). The van der Waals surface area contributed by atoms with Crippen LogP contribution in [0.4, 0.5) is 0 Å². The summed E-state index contributed by atoms with van der Waals surface area (Å²) in [5.74, 6) is -1.14. The van der Waals surface area contributed by atoms with Crippen LogP contribution in [-0.4, -0.2) is 36.7 Å². The minimum atomic E-state index is -1.35. The van der Waals surface area contributed by atoms with Crippen LogP contribution in [0.5, 0.6) is 0 Å². The Morgan fingerprint density at radius 3 is 2.71 bits per heavy atom. The zero-order chi connectivity index (χ0) is 13.0. The van der Waals surface area contributed by atoms with Crippen LogP contribution in [0, 0.1) is 0 Å². The van der Waals surface area contributed by atoms with Gasteiger partial charge in [-0.1, -0.05) is 0 Å². The molecule has 0 aliphatic heterocycles. The topological polar surface area (TPSA) is 75.6 Å². The molecule has 1 heterocycles. The fourth-order valence-corrected chi connectivity index (χ4v) is 2.91. The van der Waals surface area contributed by atoms with Crippen LogP contribution < -0.4 is 5.32 Å². The van der Waals surface area contributed by atoms with Gasteiger partial charge in [-0.25, -0.2) is 4.79 Å². The van der Waals surface area contributed by atoms with E-state index in [-0.39, 0.29) is 12.5 Å². The van der Waals surface area contributed by atoms with Crippen LogP contribution in [0.1, 0.15) is 9.67 Å². The second kappa shape index (κ2) is 6.48. The summed E-state index contributed by atoms with van der Waals surface area (Å²) in [6, 6.07) is 1.65. The van der Waals surface area contributed by atoms with E-state index in [1.54, 1.807) is 6.07 Å². The van der Waals surface area contributed by atoms with Crippen molar-refractivity contribution in [3.05, 3.63) is 19.2 Å². The molecule has 0 fully saturated rings. The molecule has 5 nitrogen and oxygen atoms in total. The maximum absolute atomic E-state index is 11.6. The number of rotatable bonds is 4. The number of nitrogens with one attached hydrogen (secondary N) is 1. The number of halogens is 2. The van der Waals surface area contributed by atoms with Crippen LogP contribution >= 0.6 is 43.2 Å². The first-order valence-corrected chi connectivity index (χ1v) is 6.85. The van der Waals surface area contributed by atoms with E-state index in [4.69, 9.17) is 0 Å². The number of carbonyl (C=O) groups excluding carboxylic acids is 2. The van der Waals surface area contributed by atoms with E-state index >= 15 is 0 Å². The molecular formula is C9H9Br2NO4S.